The van der Waals surface area contributed by atoms with Crippen molar-refractivity contribution < 1.29 is 18.8 Å². The number of hydrogen-bond donors (Lipinski definition) is 0. The Morgan fingerprint density at radius 3 is 2.71 bits per heavy atom. The molecule has 0 amide bonds. The number of nitrogens with zero attached hydrogens (tertiary/aromatic N) is 2. The minimum Gasteiger partial charge on any atom is -0.462 e. The van der Waals surface area contributed by atoms with E-state index < -0.39 is 17.1 Å². The summed E-state index contributed by atoms with van der Waals surface area (Å²) in [5.41, 5.74) is 0.408. The van der Waals surface area contributed by atoms with Crippen molar-refractivity contribution >= 4 is 17.3 Å². The number of carbonyl (C=O) groups excluding carboxylic acids is 1. The van der Waals surface area contributed by atoms with Crippen LogP contribution < -0.4 is 4.90 Å². The number of nitro benzene ring substituents is 1. The van der Waals surface area contributed by atoms with Gasteiger partial charge in [-0.15, -0.1) is 0 Å². The second kappa shape index (κ2) is 6.51. The summed E-state index contributed by atoms with van der Waals surface area (Å²) in [5, 5.41) is 11.2. The lowest BCUT2D eigenvalue weighted by atomic mass is 10.1. The number of piperidine rings is 1. The number of halogens is 1. The number of esters is 1. The molecule has 0 aliphatic carbocycles. The summed E-state index contributed by atoms with van der Waals surface area (Å²) in [5.74, 6) is -0.588. The van der Waals surface area contributed by atoms with E-state index in [0.29, 0.717) is 31.6 Å². The van der Waals surface area contributed by atoms with Gasteiger partial charge in [0.25, 0.3) is 5.69 Å². The SMILES string of the molecule is CCOC(=O)c1ccc(N2CCC(F)CC2)c([N+](=O)[O-])c1. The first kappa shape index (κ1) is 15.2. The third-order valence-corrected chi connectivity index (χ3v) is 3.45. The van der Waals surface area contributed by atoms with Gasteiger partial charge < -0.3 is 9.64 Å². The van der Waals surface area contributed by atoms with E-state index in [1.165, 1.54) is 18.2 Å². The summed E-state index contributed by atoms with van der Waals surface area (Å²) in [6.07, 6.45) is -0.132. The molecule has 1 aliphatic rings. The maximum atomic E-state index is 13.2. The van der Waals surface area contributed by atoms with Gasteiger partial charge >= 0.3 is 5.97 Å². The molecular weight excluding hydrogens is 279 g/mol. The first-order valence-electron chi connectivity index (χ1n) is 6.87. The number of benzene rings is 1. The van der Waals surface area contributed by atoms with E-state index in [-0.39, 0.29) is 17.9 Å². The molecule has 0 spiro atoms. The van der Waals surface area contributed by atoms with Crippen molar-refractivity contribution in [3.63, 3.8) is 0 Å². The Bertz CT molecular complexity index is 542. The van der Waals surface area contributed by atoms with Crippen LogP contribution in [0.2, 0.25) is 0 Å². The van der Waals surface area contributed by atoms with Crippen molar-refractivity contribution in [3.05, 3.63) is 33.9 Å². The fourth-order valence-corrected chi connectivity index (χ4v) is 2.37. The molecule has 1 heterocycles. The summed E-state index contributed by atoms with van der Waals surface area (Å²) in [6.45, 7) is 2.74. The molecule has 114 valence electrons. The van der Waals surface area contributed by atoms with Crippen molar-refractivity contribution in [2.24, 2.45) is 0 Å². The highest BCUT2D eigenvalue weighted by Crippen LogP contribution is 2.31. The molecule has 1 fully saturated rings. The van der Waals surface area contributed by atoms with Crippen LogP contribution in [0, 0.1) is 10.1 Å². The molecule has 7 heteroatoms. The molecule has 1 aromatic carbocycles. The fourth-order valence-electron chi connectivity index (χ4n) is 2.37. The first-order valence-corrected chi connectivity index (χ1v) is 6.87. The van der Waals surface area contributed by atoms with Gasteiger partial charge in [0.2, 0.25) is 0 Å². The number of ether oxygens (including phenoxy) is 1. The van der Waals surface area contributed by atoms with E-state index in [2.05, 4.69) is 0 Å². The summed E-state index contributed by atoms with van der Waals surface area (Å²) in [6, 6.07) is 4.25. The molecule has 1 saturated heterocycles. The summed E-state index contributed by atoms with van der Waals surface area (Å²) >= 11 is 0. The zero-order valence-corrected chi connectivity index (χ0v) is 11.8. The minimum atomic E-state index is -0.848. The highest BCUT2D eigenvalue weighted by Gasteiger charge is 2.26. The van der Waals surface area contributed by atoms with Gasteiger partial charge in [0.05, 0.1) is 17.1 Å². The van der Waals surface area contributed by atoms with Gasteiger partial charge in [-0.25, -0.2) is 9.18 Å². The van der Waals surface area contributed by atoms with E-state index in [9.17, 15) is 19.3 Å². The van der Waals surface area contributed by atoms with Gasteiger partial charge in [-0.3, -0.25) is 10.1 Å². The Morgan fingerprint density at radius 1 is 1.48 bits per heavy atom. The van der Waals surface area contributed by atoms with Gasteiger partial charge in [0.15, 0.2) is 0 Å². The number of carbonyl (C=O) groups is 1. The third-order valence-electron chi connectivity index (χ3n) is 3.45. The van der Waals surface area contributed by atoms with Crippen LogP contribution >= 0.6 is 0 Å². The molecule has 2 rings (SSSR count). The average Bonchev–Trinajstić information content (AvgIpc) is 2.47. The average molecular weight is 296 g/mol. The van der Waals surface area contributed by atoms with Crippen LogP contribution in [0.15, 0.2) is 18.2 Å². The number of nitro groups is 1. The molecule has 0 atom stereocenters. The number of rotatable bonds is 4. The lowest BCUT2D eigenvalue weighted by molar-refractivity contribution is -0.384. The second-order valence-corrected chi connectivity index (χ2v) is 4.84. The fraction of sp³-hybridized carbons (Fsp3) is 0.500. The quantitative estimate of drug-likeness (QED) is 0.485. The summed E-state index contributed by atoms with van der Waals surface area (Å²) in [4.78, 5) is 24.1. The van der Waals surface area contributed by atoms with Crippen molar-refractivity contribution in [1.29, 1.82) is 0 Å². The van der Waals surface area contributed by atoms with Gasteiger partial charge in [-0.05, 0) is 31.9 Å². The summed E-state index contributed by atoms with van der Waals surface area (Å²) in [7, 11) is 0. The van der Waals surface area contributed by atoms with Crippen LogP contribution in [-0.2, 0) is 4.74 Å². The van der Waals surface area contributed by atoms with E-state index in [1.807, 2.05) is 0 Å². The Kier molecular flexibility index (Phi) is 4.72. The molecule has 0 aromatic heterocycles. The number of anilines is 1. The van der Waals surface area contributed by atoms with Crippen molar-refractivity contribution in [2.75, 3.05) is 24.6 Å². The minimum absolute atomic E-state index is 0.146. The van der Waals surface area contributed by atoms with Crippen LogP contribution in [-0.4, -0.2) is 36.8 Å². The van der Waals surface area contributed by atoms with E-state index in [0.717, 1.165) is 0 Å². The van der Waals surface area contributed by atoms with E-state index in [1.54, 1.807) is 11.8 Å². The zero-order chi connectivity index (χ0) is 15.4. The van der Waals surface area contributed by atoms with Crippen LogP contribution in [0.4, 0.5) is 15.8 Å². The highest BCUT2D eigenvalue weighted by molar-refractivity contribution is 5.91. The second-order valence-electron chi connectivity index (χ2n) is 4.84. The van der Waals surface area contributed by atoms with E-state index >= 15 is 0 Å². The molecular formula is C14H17FN2O4. The normalized spacial score (nSPS) is 15.8. The van der Waals surface area contributed by atoms with Gasteiger partial charge in [0, 0.05) is 19.2 Å². The molecule has 0 unspecified atom stereocenters. The number of alkyl halides is 1. The molecule has 6 nitrogen and oxygen atoms in total. The Hall–Kier alpha value is -2.18. The molecule has 1 aliphatic heterocycles. The van der Waals surface area contributed by atoms with Crippen molar-refractivity contribution in [2.45, 2.75) is 25.9 Å². The van der Waals surface area contributed by atoms with Crippen LogP contribution in [0.5, 0.6) is 0 Å². The van der Waals surface area contributed by atoms with Gasteiger partial charge in [-0.2, -0.15) is 0 Å². The molecule has 0 N–H and O–H groups in total. The monoisotopic (exact) mass is 296 g/mol. The van der Waals surface area contributed by atoms with Gasteiger partial charge in [0.1, 0.15) is 11.9 Å². The Morgan fingerprint density at radius 2 is 2.14 bits per heavy atom. The molecule has 0 saturated carbocycles. The highest BCUT2D eigenvalue weighted by atomic mass is 19.1. The molecule has 1 aromatic rings. The smallest absolute Gasteiger partial charge is 0.338 e. The maximum Gasteiger partial charge on any atom is 0.338 e. The van der Waals surface area contributed by atoms with Crippen LogP contribution in [0.1, 0.15) is 30.1 Å². The molecule has 21 heavy (non-hydrogen) atoms. The maximum absolute atomic E-state index is 13.2. The Labute approximate surface area is 121 Å². The third kappa shape index (κ3) is 3.48. The predicted molar refractivity (Wildman–Crippen MR) is 75.4 cm³/mol. The zero-order valence-electron chi connectivity index (χ0n) is 11.8. The van der Waals surface area contributed by atoms with Gasteiger partial charge in [-0.1, -0.05) is 0 Å². The largest absolute Gasteiger partial charge is 0.462 e. The lowest BCUT2D eigenvalue weighted by Gasteiger charge is -2.30. The molecule has 0 radical (unpaired) electrons. The van der Waals surface area contributed by atoms with Crippen LogP contribution in [0.3, 0.4) is 0 Å². The van der Waals surface area contributed by atoms with E-state index in [4.69, 9.17) is 4.74 Å². The molecule has 0 bridgehead atoms. The lowest BCUT2D eigenvalue weighted by Crippen LogP contribution is -2.34. The van der Waals surface area contributed by atoms with Crippen molar-refractivity contribution in [3.8, 4) is 0 Å². The van der Waals surface area contributed by atoms with Crippen LogP contribution in [0.25, 0.3) is 0 Å². The topological polar surface area (TPSA) is 72.7 Å². The summed E-state index contributed by atoms with van der Waals surface area (Å²) < 4.78 is 18.0. The first-order chi connectivity index (χ1) is 10.0. The number of hydrogen-bond acceptors (Lipinski definition) is 5. The Balaban J connectivity index is 2.29. The van der Waals surface area contributed by atoms with Crippen molar-refractivity contribution in [1.82, 2.24) is 0 Å². The standard InChI is InChI=1S/C14H17FN2O4/c1-2-21-14(18)10-3-4-12(13(9-10)17(19)20)16-7-5-11(15)6-8-16/h3-4,9,11H,2,5-8H2,1H3. The predicted octanol–water partition coefficient (Wildman–Crippen LogP) is 2.71.